The van der Waals surface area contributed by atoms with E-state index in [0.717, 1.165) is 34.1 Å². The number of nitrogen functional groups attached to an aromatic ring is 1. The monoisotopic (exact) mass is 349 g/mol. The lowest BCUT2D eigenvalue weighted by Crippen LogP contribution is -2.31. The van der Waals surface area contributed by atoms with Crippen LogP contribution in [0.4, 0.5) is 5.82 Å². The number of aromatic amines is 1. The normalized spacial score (nSPS) is 18.2. The maximum Gasteiger partial charge on any atom is 0.151 e. The average Bonchev–Trinajstić information content (AvgIpc) is 3.21. The van der Waals surface area contributed by atoms with Gasteiger partial charge in [-0.3, -0.25) is 0 Å². The molecule has 0 aliphatic heterocycles. The van der Waals surface area contributed by atoms with Gasteiger partial charge in [-0.25, -0.2) is 9.97 Å². The van der Waals surface area contributed by atoms with E-state index >= 15 is 0 Å². The number of hydrogen-bond acceptors (Lipinski definition) is 6. The largest absolute Gasteiger partial charge is 0.393 e. The fraction of sp³-hybridized carbons (Fsp3) is 0.647. The molecule has 7 heteroatoms. The first kappa shape index (κ1) is 17.5. The van der Waals surface area contributed by atoms with E-state index in [-0.39, 0.29) is 12.0 Å². The molecule has 0 unspecified atom stereocenters. The van der Waals surface area contributed by atoms with E-state index in [1.54, 1.807) is 0 Å². The highest BCUT2D eigenvalue weighted by Gasteiger charge is 2.20. The Morgan fingerprint density at radius 3 is 2.96 bits per heavy atom. The van der Waals surface area contributed by atoms with Gasteiger partial charge in [0.25, 0.3) is 0 Å². The van der Waals surface area contributed by atoms with Gasteiger partial charge in [0.2, 0.25) is 0 Å². The van der Waals surface area contributed by atoms with Crippen LogP contribution in [0.15, 0.2) is 12.5 Å². The van der Waals surface area contributed by atoms with Gasteiger partial charge in [-0.15, -0.1) is 0 Å². The van der Waals surface area contributed by atoms with Gasteiger partial charge >= 0.3 is 0 Å². The van der Waals surface area contributed by atoms with Gasteiger partial charge in [-0.05, 0) is 19.8 Å². The molecule has 0 aromatic carbocycles. The molecule has 132 valence electrons. The van der Waals surface area contributed by atoms with Gasteiger partial charge in [0.15, 0.2) is 5.82 Å². The quantitative estimate of drug-likeness (QED) is 0.583. The Hall–Kier alpha value is -1.31. The molecule has 6 nitrogen and oxygen atoms in total. The first-order chi connectivity index (χ1) is 11.6. The van der Waals surface area contributed by atoms with Crippen molar-refractivity contribution in [3.63, 3.8) is 0 Å². The number of thioether (sulfide) groups is 1. The molecule has 0 bridgehead atoms. The van der Waals surface area contributed by atoms with Crippen LogP contribution in [0.2, 0.25) is 0 Å². The van der Waals surface area contributed by atoms with Crippen molar-refractivity contribution in [3.8, 4) is 0 Å². The summed E-state index contributed by atoms with van der Waals surface area (Å²) in [7, 11) is 0. The van der Waals surface area contributed by atoms with Crippen molar-refractivity contribution in [2.45, 2.75) is 50.5 Å². The van der Waals surface area contributed by atoms with Gasteiger partial charge in [0.05, 0.1) is 11.6 Å². The number of aliphatic hydroxyl groups is 1. The SMILES string of the molecule is C[C@@H](O)[C@H](CNCc1c[nH]c2c(N)ncnc12)CSC1CCCC1. The van der Waals surface area contributed by atoms with Crippen LogP contribution in [0.3, 0.4) is 0 Å². The highest BCUT2D eigenvalue weighted by atomic mass is 32.2. The fourth-order valence-corrected chi connectivity index (χ4v) is 4.81. The lowest BCUT2D eigenvalue weighted by molar-refractivity contribution is 0.136. The summed E-state index contributed by atoms with van der Waals surface area (Å²) in [5.74, 6) is 1.75. The Morgan fingerprint density at radius 1 is 1.42 bits per heavy atom. The smallest absolute Gasteiger partial charge is 0.151 e. The molecule has 2 aromatic heterocycles. The third-order valence-electron chi connectivity index (χ3n) is 4.82. The second kappa shape index (κ2) is 8.18. The first-order valence-electron chi connectivity index (χ1n) is 8.72. The summed E-state index contributed by atoms with van der Waals surface area (Å²) in [4.78, 5) is 11.4. The standard InChI is InChI=1S/C17H27N5OS/c1-11(23)13(9-24-14-4-2-3-5-14)7-19-6-12-8-20-16-15(12)21-10-22-17(16)18/h8,10-11,13-14,19-20,23H,2-7,9H2,1H3,(H2,18,21,22)/t11-,13-/m1/s1. The third kappa shape index (κ3) is 4.20. The summed E-state index contributed by atoms with van der Waals surface area (Å²) < 4.78 is 0. The summed E-state index contributed by atoms with van der Waals surface area (Å²) >= 11 is 2.03. The molecule has 1 saturated carbocycles. The molecule has 1 aliphatic rings. The topological polar surface area (TPSA) is 99.8 Å². The number of hydrogen-bond donors (Lipinski definition) is 4. The van der Waals surface area contributed by atoms with Gasteiger partial charge in [-0.2, -0.15) is 11.8 Å². The molecule has 1 aliphatic carbocycles. The summed E-state index contributed by atoms with van der Waals surface area (Å²) in [5, 5.41) is 14.3. The predicted molar refractivity (Wildman–Crippen MR) is 99.9 cm³/mol. The van der Waals surface area contributed by atoms with Crippen LogP contribution in [-0.2, 0) is 6.54 Å². The zero-order valence-corrected chi connectivity index (χ0v) is 15.0. The van der Waals surface area contributed by atoms with E-state index in [1.165, 1.54) is 32.0 Å². The number of anilines is 1. The van der Waals surface area contributed by atoms with Crippen molar-refractivity contribution < 1.29 is 5.11 Å². The molecule has 0 radical (unpaired) electrons. The zero-order valence-electron chi connectivity index (χ0n) is 14.2. The Labute approximate surface area is 147 Å². The van der Waals surface area contributed by atoms with Crippen molar-refractivity contribution in [1.82, 2.24) is 20.3 Å². The molecule has 24 heavy (non-hydrogen) atoms. The molecule has 0 spiro atoms. The minimum absolute atomic E-state index is 0.264. The number of aromatic nitrogens is 3. The predicted octanol–water partition coefficient (Wildman–Crippen LogP) is 2.30. The van der Waals surface area contributed by atoms with Gasteiger partial charge < -0.3 is 21.1 Å². The van der Waals surface area contributed by atoms with Crippen LogP contribution in [0, 0.1) is 5.92 Å². The van der Waals surface area contributed by atoms with Crippen LogP contribution in [0.25, 0.3) is 11.0 Å². The Bertz CT molecular complexity index is 653. The maximum absolute atomic E-state index is 10.1. The minimum Gasteiger partial charge on any atom is -0.393 e. The summed E-state index contributed by atoms with van der Waals surface area (Å²) in [6.45, 7) is 3.39. The number of rotatable bonds is 8. The number of fused-ring (bicyclic) bond motifs is 1. The molecule has 2 atom stereocenters. The van der Waals surface area contributed by atoms with E-state index in [1.807, 2.05) is 24.9 Å². The second-order valence-electron chi connectivity index (χ2n) is 6.67. The molecule has 0 amide bonds. The lowest BCUT2D eigenvalue weighted by Gasteiger charge is -2.21. The highest BCUT2D eigenvalue weighted by molar-refractivity contribution is 7.99. The van der Waals surface area contributed by atoms with E-state index in [9.17, 15) is 5.11 Å². The van der Waals surface area contributed by atoms with Crippen molar-refractivity contribution in [3.05, 3.63) is 18.1 Å². The number of nitrogens with zero attached hydrogens (tertiary/aromatic N) is 2. The van der Waals surface area contributed by atoms with E-state index < -0.39 is 0 Å². The van der Waals surface area contributed by atoms with Crippen molar-refractivity contribution in [1.29, 1.82) is 0 Å². The molecular weight excluding hydrogens is 322 g/mol. The number of nitrogens with two attached hydrogens (primary N) is 1. The van der Waals surface area contributed by atoms with Crippen LogP contribution in [0.5, 0.6) is 0 Å². The molecule has 1 fully saturated rings. The van der Waals surface area contributed by atoms with E-state index in [0.29, 0.717) is 12.4 Å². The van der Waals surface area contributed by atoms with E-state index in [4.69, 9.17) is 5.73 Å². The molecule has 2 heterocycles. The first-order valence-corrected chi connectivity index (χ1v) is 9.77. The van der Waals surface area contributed by atoms with Gasteiger partial charge in [-0.1, -0.05) is 12.8 Å². The van der Waals surface area contributed by atoms with Crippen molar-refractivity contribution in [2.75, 3.05) is 18.0 Å². The molecule has 2 aromatic rings. The zero-order chi connectivity index (χ0) is 16.9. The van der Waals surface area contributed by atoms with Crippen LogP contribution in [-0.4, -0.2) is 43.7 Å². The highest BCUT2D eigenvalue weighted by Crippen LogP contribution is 2.31. The second-order valence-corrected chi connectivity index (χ2v) is 8.00. The summed E-state index contributed by atoms with van der Waals surface area (Å²) in [6.07, 6.45) is 8.51. The van der Waals surface area contributed by atoms with Crippen LogP contribution < -0.4 is 11.1 Å². The lowest BCUT2D eigenvalue weighted by atomic mass is 10.1. The molecular formula is C17H27N5OS. The van der Waals surface area contributed by atoms with E-state index in [2.05, 4.69) is 20.3 Å². The Morgan fingerprint density at radius 2 is 2.21 bits per heavy atom. The maximum atomic E-state index is 10.1. The number of nitrogens with one attached hydrogen (secondary N) is 2. The molecule has 3 rings (SSSR count). The number of aliphatic hydroxyl groups excluding tert-OH is 1. The molecule has 0 saturated heterocycles. The fourth-order valence-electron chi connectivity index (χ4n) is 3.22. The third-order valence-corrected chi connectivity index (χ3v) is 6.39. The molecule has 5 N–H and O–H groups in total. The Balaban J connectivity index is 1.51. The Kier molecular flexibility index (Phi) is 5.97. The average molecular weight is 350 g/mol. The van der Waals surface area contributed by atoms with Crippen LogP contribution >= 0.6 is 11.8 Å². The number of H-pyrrole nitrogens is 1. The minimum atomic E-state index is -0.299. The summed E-state index contributed by atoms with van der Waals surface area (Å²) in [5.41, 5.74) is 8.58. The van der Waals surface area contributed by atoms with Crippen molar-refractivity contribution in [2.24, 2.45) is 5.92 Å². The van der Waals surface area contributed by atoms with Crippen molar-refractivity contribution >= 4 is 28.6 Å². The van der Waals surface area contributed by atoms with Gasteiger partial charge in [0, 0.05) is 41.8 Å². The van der Waals surface area contributed by atoms with Gasteiger partial charge in [0.1, 0.15) is 11.8 Å². The summed E-state index contributed by atoms with van der Waals surface area (Å²) in [6, 6.07) is 0. The van der Waals surface area contributed by atoms with Crippen LogP contribution in [0.1, 0.15) is 38.2 Å².